The van der Waals surface area contributed by atoms with Crippen LogP contribution in [0.2, 0.25) is 0 Å². The number of pyridine rings is 3. The first kappa shape index (κ1) is 26.2. The van der Waals surface area contributed by atoms with Gasteiger partial charge >= 0.3 is 0 Å². The second kappa shape index (κ2) is 10.0. The number of hydrogen-bond donors (Lipinski definition) is 3. The van der Waals surface area contributed by atoms with Gasteiger partial charge in [0, 0.05) is 29.8 Å². The molecule has 0 radical (unpaired) electrons. The average molecular weight is 525 g/mol. The van der Waals surface area contributed by atoms with E-state index in [9.17, 15) is 9.18 Å². The zero-order chi connectivity index (χ0) is 25.6. The largest absolute Gasteiger partial charge is 0.481 e. The molecule has 1 amide bonds. The second-order valence-corrected chi connectivity index (χ2v) is 10.1. The standard InChI is InChI=1S/C26H29FN6O4.CH4/c1-35-22-5-3-18-23(33-22)16(17(27)12-29-18)10-20(28)26-8-6-25(7-9-26,14-37-26)30-11-15-2-4-19-24(31-15)32-21(34)13-36-19;/h2-5,12,20,30H,6-11,13-14,28H2,1H3,(H,31,32,34);1H4. The highest BCUT2D eigenvalue weighted by atomic mass is 19.1. The van der Waals surface area contributed by atoms with Gasteiger partial charge in [-0.3, -0.25) is 9.78 Å². The average Bonchev–Trinajstić information content (AvgIpc) is 2.94. The number of nitrogens with one attached hydrogen (secondary N) is 2. The van der Waals surface area contributed by atoms with Crippen LogP contribution in [0.3, 0.4) is 0 Å². The Labute approximate surface area is 220 Å². The molecular formula is C27H33FN6O4. The van der Waals surface area contributed by atoms with E-state index in [0.29, 0.717) is 47.2 Å². The highest BCUT2D eigenvalue weighted by molar-refractivity contribution is 5.94. The predicted molar refractivity (Wildman–Crippen MR) is 140 cm³/mol. The number of ether oxygens (including phenoxy) is 3. The summed E-state index contributed by atoms with van der Waals surface area (Å²) >= 11 is 0. The molecular weight excluding hydrogens is 491 g/mol. The molecule has 1 unspecified atom stereocenters. The fourth-order valence-electron chi connectivity index (χ4n) is 5.60. The van der Waals surface area contributed by atoms with Crippen molar-refractivity contribution in [2.24, 2.45) is 5.73 Å². The van der Waals surface area contributed by atoms with Crippen molar-refractivity contribution in [2.45, 2.75) is 63.3 Å². The van der Waals surface area contributed by atoms with Crippen molar-refractivity contribution < 1.29 is 23.4 Å². The van der Waals surface area contributed by atoms with Crippen LogP contribution < -0.4 is 25.8 Å². The van der Waals surface area contributed by atoms with Crippen molar-refractivity contribution in [3.8, 4) is 11.6 Å². The SMILES string of the molecule is C.COc1ccc2ncc(F)c(CC(N)C34CCC(NCc5ccc6c(n5)NC(=O)CO6)(CC3)CO4)c2n1. The van der Waals surface area contributed by atoms with Crippen LogP contribution in [0.25, 0.3) is 11.0 Å². The summed E-state index contributed by atoms with van der Waals surface area (Å²) in [5.41, 5.74) is 8.33. The van der Waals surface area contributed by atoms with Gasteiger partial charge in [0.15, 0.2) is 18.2 Å². The van der Waals surface area contributed by atoms with Crippen LogP contribution in [0.1, 0.15) is 44.4 Å². The lowest BCUT2D eigenvalue weighted by atomic mass is 9.67. The Kier molecular flexibility index (Phi) is 6.93. The summed E-state index contributed by atoms with van der Waals surface area (Å²) in [6.07, 6.45) is 4.82. The molecule has 6 heterocycles. The number of rotatable bonds is 7. The van der Waals surface area contributed by atoms with Crippen LogP contribution in [0.15, 0.2) is 30.5 Å². The fourth-order valence-corrected chi connectivity index (χ4v) is 5.60. The summed E-state index contributed by atoms with van der Waals surface area (Å²) in [7, 11) is 1.53. The molecule has 3 aromatic heterocycles. The van der Waals surface area contributed by atoms with Gasteiger partial charge in [-0.15, -0.1) is 0 Å². The van der Waals surface area contributed by atoms with E-state index in [1.54, 1.807) is 12.1 Å². The maximum absolute atomic E-state index is 14.9. The Hall–Kier alpha value is -3.41. The van der Waals surface area contributed by atoms with Crippen LogP contribution in [0.4, 0.5) is 10.2 Å². The lowest BCUT2D eigenvalue weighted by Gasteiger charge is -2.55. The van der Waals surface area contributed by atoms with Crippen LogP contribution >= 0.6 is 0 Å². The third-order valence-electron chi connectivity index (χ3n) is 7.91. The summed E-state index contributed by atoms with van der Waals surface area (Å²) in [6.45, 7) is 1.05. The minimum Gasteiger partial charge on any atom is -0.481 e. The molecule has 11 heteroatoms. The minimum atomic E-state index is -0.518. The third-order valence-corrected chi connectivity index (χ3v) is 7.91. The van der Waals surface area contributed by atoms with Crippen molar-refractivity contribution in [3.05, 3.63) is 47.5 Å². The number of nitrogens with zero attached hydrogens (tertiary/aromatic N) is 3. The first-order valence-electron chi connectivity index (χ1n) is 12.4. The fraction of sp³-hybridized carbons (Fsp3) is 0.481. The smallest absolute Gasteiger partial charge is 0.263 e. The number of nitrogens with two attached hydrogens (primary N) is 1. The maximum Gasteiger partial charge on any atom is 0.263 e. The van der Waals surface area contributed by atoms with Gasteiger partial charge in [0.1, 0.15) is 5.82 Å². The molecule has 0 spiro atoms. The zero-order valence-corrected chi connectivity index (χ0v) is 20.6. The van der Waals surface area contributed by atoms with E-state index >= 15 is 0 Å². The van der Waals surface area contributed by atoms with E-state index < -0.39 is 17.5 Å². The first-order chi connectivity index (χ1) is 17.9. The molecule has 202 valence electrons. The van der Waals surface area contributed by atoms with E-state index in [0.717, 1.165) is 31.4 Å². The van der Waals surface area contributed by atoms with E-state index in [-0.39, 0.29) is 31.9 Å². The van der Waals surface area contributed by atoms with E-state index in [1.165, 1.54) is 13.3 Å². The number of aromatic nitrogens is 3. The molecule has 3 aromatic rings. The Morgan fingerprint density at radius 3 is 2.76 bits per heavy atom. The van der Waals surface area contributed by atoms with Crippen molar-refractivity contribution in [3.63, 3.8) is 0 Å². The molecule has 38 heavy (non-hydrogen) atoms. The van der Waals surface area contributed by atoms with Crippen molar-refractivity contribution >= 4 is 22.8 Å². The van der Waals surface area contributed by atoms with Gasteiger partial charge < -0.3 is 30.6 Å². The van der Waals surface area contributed by atoms with Gasteiger partial charge in [0.25, 0.3) is 5.91 Å². The number of carbonyl (C=O) groups is 1. The lowest BCUT2D eigenvalue weighted by Crippen LogP contribution is -2.66. The molecule has 7 rings (SSSR count). The molecule has 1 saturated carbocycles. The second-order valence-electron chi connectivity index (χ2n) is 10.1. The number of amides is 1. The number of anilines is 1. The highest BCUT2D eigenvalue weighted by Crippen LogP contribution is 2.46. The van der Waals surface area contributed by atoms with E-state index in [4.69, 9.17) is 19.9 Å². The molecule has 1 atom stereocenters. The molecule has 0 aromatic carbocycles. The summed E-state index contributed by atoms with van der Waals surface area (Å²) < 4.78 is 31.9. The number of fused-ring (bicyclic) bond motifs is 5. The summed E-state index contributed by atoms with van der Waals surface area (Å²) in [4.78, 5) is 24.7. The Balaban J connectivity index is 0.00000294. The molecule has 10 nitrogen and oxygen atoms in total. The Morgan fingerprint density at radius 2 is 2.03 bits per heavy atom. The number of methoxy groups -OCH3 is 1. The van der Waals surface area contributed by atoms with Crippen LogP contribution in [-0.2, 0) is 22.5 Å². The van der Waals surface area contributed by atoms with E-state index in [2.05, 4.69) is 25.6 Å². The summed E-state index contributed by atoms with van der Waals surface area (Å²) in [6, 6.07) is 6.79. The summed E-state index contributed by atoms with van der Waals surface area (Å²) in [5.74, 6) is 0.787. The van der Waals surface area contributed by atoms with Gasteiger partial charge in [-0.05, 0) is 50.3 Å². The van der Waals surface area contributed by atoms with Gasteiger partial charge in [0.05, 0.1) is 42.2 Å². The molecule has 1 aliphatic carbocycles. The molecule has 4 aliphatic rings. The topological polar surface area (TPSA) is 134 Å². The monoisotopic (exact) mass is 524 g/mol. The van der Waals surface area contributed by atoms with Crippen LogP contribution in [0.5, 0.6) is 11.6 Å². The number of hydrogen-bond acceptors (Lipinski definition) is 9. The molecule has 4 N–H and O–H groups in total. The van der Waals surface area contributed by atoms with Crippen molar-refractivity contribution in [1.82, 2.24) is 20.3 Å². The lowest BCUT2D eigenvalue weighted by molar-refractivity contribution is -0.173. The summed E-state index contributed by atoms with van der Waals surface area (Å²) in [5, 5.41) is 6.38. The quantitative estimate of drug-likeness (QED) is 0.427. The van der Waals surface area contributed by atoms with Crippen LogP contribution in [-0.4, -0.2) is 58.4 Å². The molecule has 2 bridgehead atoms. The Morgan fingerprint density at radius 1 is 1.21 bits per heavy atom. The Bertz CT molecular complexity index is 1340. The van der Waals surface area contributed by atoms with Gasteiger partial charge in [-0.25, -0.2) is 14.4 Å². The zero-order valence-electron chi connectivity index (χ0n) is 20.6. The van der Waals surface area contributed by atoms with Gasteiger partial charge in [0.2, 0.25) is 5.88 Å². The van der Waals surface area contributed by atoms with Gasteiger partial charge in [-0.1, -0.05) is 7.43 Å². The van der Waals surface area contributed by atoms with E-state index in [1.807, 2.05) is 12.1 Å². The van der Waals surface area contributed by atoms with Crippen molar-refractivity contribution in [2.75, 3.05) is 25.6 Å². The number of carbonyl (C=O) groups excluding carboxylic acids is 1. The highest BCUT2D eigenvalue weighted by Gasteiger charge is 2.52. The van der Waals surface area contributed by atoms with Gasteiger partial charge in [-0.2, -0.15) is 0 Å². The first-order valence-corrected chi connectivity index (χ1v) is 12.4. The molecule has 2 saturated heterocycles. The minimum absolute atomic E-state index is 0. The predicted octanol–water partition coefficient (Wildman–Crippen LogP) is 2.88. The maximum atomic E-state index is 14.9. The number of halogens is 1. The third kappa shape index (κ3) is 4.65. The molecule has 3 fully saturated rings. The normalized spacial score (nSPS) is 24.7. The molecule has 3 aliphatic heterocycles. The van der Waals surface area contributed by atoms with Crippen LogP contribution in [0, 0.1) is 5.82 Å². The van der Waals surface area contributed by atoms with Crippen molar-refractivity contribution in [1.29, 1.82) is 0 Å².